The average molecular weight is 357 g/mol. The molecule has 1 aliphatic carbocycles. The van der Waals surface area contributed by atoms with E-state index in [1.54, 1.807) is 20.8 Å². The van der Waals surface area contributed by atoms with Crippen molar-refractivity contribution in [2.75, 3.05) is 13.1 Å². The molecular formula is C13H18F3NO5S. The molecule has 2 aliphatic rings. The molecule has 1 atom stereocenters. The molecule has 1 fully saturated rings. The number of carbonyl (C=O) groups excluding carboxylic acids is 1. The molecule has 0 aromatic rings. The van der Waals surface area contributed by atoms with E-state index in [0.717, 1.165) is 0 Å². The summed E-state index contributed by atoms with van der Waals surface area (Å²) in [6, 6.07) is 0. The molecule has 23 heavy (non-hydrogen) atoms. The van der Waals surface area contributed by atoms with Crippen molar-refractivity contribution in [3.05, 3.63) is 11.8 Å². The molecule has 6 nitrogen and oxygen atoms in total. The van der Waals surface area contributed by atoms with Crippen molar-refractivity contribution in [3.8, 4) is 0 Å². The van der Waals surface area contributed by atoms with Crippen LogP contribution in [0, 0.1) is 5.41 Å². The Kier molecular flexibility index (Phi) is 4.11. The Morgan fingerprint density at radius 2 is 1.87 bits per heavy atom. The van der Waals surface area contributed by atoms with Gasteiger partial charge in [0.2, 0.25) is 0 Å². The second kappa shape index (κ2) is 5.29. The van der Waals surface area contributed by atoms with Crippen LogP contribution in [-0.2, 0) is 19.0 Å². The molecule has 1 unspecified atom stereocenters. The van der Waals surface area contributed by atoms with E-state index < -0.39 is 32.7 Å². The molecule has 0 aromatic carbocycles. The summed E-state index contributed by atoms with van der Waals surface area (Å²) < 4.78 is 67.8. The van der Waals surface area contributed by atoms with Crippen molar-refractivity contribution >= 4 is 16.2 Å². The lowest BCUT2D eigenvalue weighted by Gasteiger charge is -2.35. The quantitative estimate of drug-likeness (QED) is 0.561. The van der Waals surface area contributed by atoms with E-state index in [-0.39, 0.29) is 18.7 Å². The largest absolute Gasteiger partial charge is 0.534 e. The first-order valence-electron chi connectivity index (χ1n) is 6.94. The van der Waals surface area contributed by atoms with Crippen molar-refractivity contribution < 1.29 is 35.3 Å². The van der Waals surface area contributed by atoms with Gasteiger partial charge in [-0.25, -0.2) is 4.79 Å². The fourth-order valence-corrected chi connectivity index (χ4v) is 3.02. The number of alkyl halides is 3. The minimum atomic E-state index is -5.63. The Morgan fingerprint density at radius 3 is 2.35 bits per heavy atom. The highest BCUT2D eigenvalue weighted by atomic mass is 32.2. The number of carbonyl (C=O) groups is 1. The number of likely N-dealkylation sites (tertiary alicyclic amines) is 1. The first-order valence-corrected chi connectivity index (χ1v) is 8.34. The van der Waals surface area contributed by atoms with E-state index in [1.165, 1.54) is 11.0 Å². The van der Waals surface area contributed by atoms with Crippen LogP contribution in [0.5, 0.6) is 0 Å². The van der Waals surface area contributed by atoms with Gasteiger partial charge in [0.25, 0.3) is 0 Å². The van der Waals surface area contributed by atoms with Crippen LogP contribution < -0.4 is 0 Å². The van der Waals surface area contributed by atoms with Crippen LogP contribution >= 0.6 is 0 Å². The van der Waals surface area contributed by atoms with Crippen molar-refractivity contribution in [3.63, 3.8) is 0 Å². The van der Waals surface area contributed by atoms with Crippen LogP contribution in [0.15, 0.2) is 11.8 Å². The topological polar surface area (TPSA) is 72.9 Å². The van der Waals surface area contributed by atoms with Crippen molar-refractivity contribution in [2.45, 2.75) is 44.7 Å². The van der Waals surface area contributed by atoms with E-state index >= 15 is 0 Å². The van der Waals surface area contributed by atoms with Crippen LogP contribution in [0.4, 0.5) is 18.0 Å². The third-order valence-electron chi connectivity index (χ3n) is 3.53. The number of hydrogen-bond acceptors (Lipinski definition) is 5. The van der Waals surface area contributed by atoms with E-state index in [1.807, 2.05) is 0 Å². The lowest BCUT2D eigenvalue weighted by molar-refractivity contribution is -0.0530. The van der Waals surface area contributed by atoms with Crippen LogP contribution in [-0.4, -0.2) is 43.6 Å². The highest BCUT2D eigenvalue weighted by molar-refractivity contribution is 7.87. The van der Waals surface area contributed by atoms with Gasteiger partial charge in [0.15, 0.2) is 0 Å². The fourth-order valence-electron chi connectivity index (χ4n) is 2.54. The van der Waals surface area contributed by atoms with Gasteiger partial charge in [0.05, 0.1) is 0 Å². The van der Waals surface area contributed by atoms with Gasteiger partial charge in [-0.1, -0.05) is 0 Å². The maximum Gasteiger partial charge on any atom is 0.534 e. The van der Waals surface area contributed by atoms with Gasteiger partial charge in [-0.3, -0.25) is 0 Å². The highest BCUT2D eigenvalue weighted by Crippen LogP contribution is 2.48. The molecule has 1 heterocycles. The SMILES string of the molecule is CC(C)(C)OC(=O)N1CCC2(C=C(OS(=O)(=O)C(F)(F)F)C2)C1. The summed E-state index contributed by atoms with van der Waals surface area (Å²) in [5.41, 5.74) is -6.63. The minimum absolute atomic E-state index is 0.0433. The predicted molar refractivity (Wildman–Crippen MR) is 73.6 cm³/mol. The Morgan fingerprint density at radius 1 is 1.30 bits per heavy atom. The molecule has 1 spiro atoms. The van der Waals surface area contributed by atoms with E-state index in [9.17, 15) is 26.4 Å². The van der Waals surface area contributed by atoms with Gasteiger partial charge < -0.3 is 13.8 Å². The van der Waals surface area contributed by atoms with Gasteiger partial charge in [0.1, 0.15) is 11.4 Å². The number of halogens is 3. The van der Waals surface area contributed by atoms with E-state index in [4.69, 9.17) is 4.74 Å². The average Bonchev–Trinajstić information content (AvgIpc) is 2.69. The van der Waals surface area contributed by atoms with E-state index in [0.29, 0.717) is 13.0 Å². The number of nitrogens with zero attached hydrogens (tertiary/aromatic N) is 1. The van der Waals surface area contributed by atoms with Crippen molar-refractivity contribution in [1.82, 2.24) is 4.90 Å². The monoisotopic (exact) mass is 357 g/mol. The van der Waals surface area contributed by atoms with Gasteiger partial charge in [-0.15, -0.1) is 0 Å². The molecule has 1 amide bonds. The molecule has 2 rings (SSSR count). The van der Waals surface area contributed by atoms with Crippen molar-refractivity contribution in [1.29, 1.82) is 0 Å². The molecule has 132 valence electrons. The smallest absolute Gasteiger partial charge is 0.444 e. The Hall–Kier alpha value is -1.45. The Balaban J connectivity index is 1.96. The Bertz CT molecular complexity index is 635. The number of allylic oxidation sites excluding steroid dienone is 1. The summed E-state index contributed by atoms with van der Waals surface area (Å²) in [6.07, 6.45) is 1.41. The lowest BCUT2D eigenvalue weighted by atomic mass is 9.74. The second-order valence-corrected chi connectivity index (χ2v) is 8.32. The number of ether oxygens (including phenoxy) is 1. The maximum atomic E-state index is 12.2. The number of amides is 1. The summed E-state index contributed by atoms with van der Waals surface area (Å²) in [5, 5.41) is 0. The zero-order valence-corrected chi connectivity index (χ0v) is 13.8. The number of hydrogen-bond donors (Lipinski definition) is 0. The molecule has 0 aromatic heterocycles. The summed E-state index contributed by atoms with van der Waals surface area (Å²) in [7, 11) is -5.63. The maximum absolute atomic E-state index is 12.2. The van der Waals surface area contributed by atoms with E-state index in [2.05, 4.69) is 4.18 Å². The number of rotatable bonds is 2. The third-order valence-corrected chi connectivity index (χ3v) is 4.53. The van der Waals surface area contributed by atoms with Gasteiger partial charge in [0, 0.05) is 24.9 Å². The van der Waals surface area contributed by atoms with Crippen LogP contribution in [0.25, 0.3) is 0 Å². The van der Waals surface area contributed by atoms with Crippen LogP contribution in [0.2, 0.25) is 0 Å². The molecule has 0 radical (unpaired) electrons. The second-order valence-electron chi connectivity index (χ2n) is 6.78. The zero-order valence-electron chi connectivity index (χ0n) is 12.9. The first kappa shape index (κ1) is 17.9. The lowest BCUT2D eigenvalue weighted by Crippen LogP contribution is -2.39. The van der Waals surface area contributed by atoms with Gasteiger partial charge in [-0.2, -0.15) is 21.6 Å². The summed E-state index contributed by atoms with van der Waals surface area (Å²) in [4.78, 5) is 13.4. The molecule has 1 saturated heterocycles. The fraction of sp³-hybridized carbons (Fsp3) is 0.769. The molecule has 1 aliphatic heterocycles. The summed E-state index contributed by atoms with van der Waals surface area (Å²) in [5.74, 6) is -0.242. The third kappa shape index (κ3) is 3.91. The standard InChI is InChI=1S/C13H18F3NO5S/c1-11(2,3)21-10(18)17-5-4-12(8-17)6-9(7-12)22-23(19,20)13(14,15)16/h6H,4-5,7-8H2,1-3H3. The molecular weight excluding hydrogens is 339 g/mol. The minimum Gasteiger partial charge on any atom is -0.444 e. The predicted octanol–water partition coefficient (Wildman–Crippen LogP) is 2.77. The van der Waals surface area contributed by atoms with Crippen LogP contribution in [0.1, 0.15) is 33.6 Å². The normalized spacial score (nSPS) is 25.1. The van der Waals surface area contributed by atoms with Crippen molar-refractivity contribution in [2.24, 2.45) is 5.41 Å². The first-order chi connectivity index (χ1) is 10.2. The van der Waals surface area contributed by atoms with Gasteiger partial charge >= 0.3 is 21.7 Å². The molecule has 0 N–H and O–H groups in total. The summed E-state index contributed by atoms with van der Waals surface area (Å²) in [6.45, 7) is 5.85. The zero-order chi connectivity index (χ0) is 17.7. The molecule has 10 heteroatoms. The Labute approximate surface area is 132 Å². The molecule has 0 bridgehead atoms. The van der Waals surface area contributed by atoms with Crippen LogP contribution in [0.3, 0.4) is 0 Å². The van der Waals surface area contributed by atoms with Gasteiger partial charge in [-0.05, 0) is 33.3 Å². The molecule has 0 saturated carbocycles. The summed E-state index contributed by atoms with van der Waals surface area (Å²) >= 11 is 0. The highest BCUT2D eigenvalue weighted by Gasteiger charge is 2.52.